The van der Waals surface area contributed by atoms with Gasteiger partial charge in [0.2, 0.25) is 0 Å². The van der Waals surface area contributed by atoms with E-state index in [1.807, 2.05) is 13.8 Å². The smallest absolute Gasteiger partial charge is 0.416 e. The number of hydrogen-bond acceptors (Lipinski definition) is 4. The second-order valence-electron chi connectivity index (χ2n) is 6.83. The maximum atomic E-state index is 13.2. The van der Waals surface area contributed by atoms with Crippen molar-refractivity contribution in [1.29, 1.82) is 0 Å². The molecule has 0 spiro atoms. The van der Waals surface area contributed by atoms with E-state index in [1.165, 1.54) is 13.2 Å². The quantitative estimate of drug-likeness (QED) is 0.860. The van der Waals surface area contributed by atoms with Crippen LogP contribution in [-0.2, 0) is 6.18 Å². The molecule has 0 unspecified atom stereocenters. The molecule has 1 aromatic rings. The molecule has 2 N–H and O–H groups in total. The summed E-state index contributed by atoms with van der Waals surface area (Å²) in [6.45, 7) is 6.58. The van der Waals surface area contributed by atoms with Crippen LogP contribution in [0.25, 0.3) is 0 Å². The average Bonchev–Trinajstić information content (AvgIpc) is 2.54. The van der Waals surface area contributed by atoms with Crippen molar-refractivity contribution in [2.45, 2.75) is 26.1 Å². The Balaban J connectivity index is 2.52. The van der Waals surface area contributed by atoms with Crippen molar-refractivity contribution in [2.75, 3.05) is 39.9 Å². The largest absolute Gasteiger partial charge is 0.497 e. The van der Waals surface area contributed by atoms with Gasteiger partial charge in [0, 0.05) is 44.2 Å². The second-order valence-corrected chi connectivity index (χ2v) is 6.83. The monoisotopic (exact) mass is 346 g/mol. The Bertz CT molecular complexity index is 555. The van der Waals surface area contributed by atoms with Crippen LogP contribution in [-0.4, -0.2) is 49.9 Å². The number of hydrogen-bond donors (Lipinski definition) is 2. The minimum atomic E-state index is -4.44. The molecule has 1 saturated heterocycles. The zero-order valence-electron chi connectivity index (χ0n) is 14.3. The topological polar surface area (TPSA) is 44.7 Å². The third-order valence-corrected chi connectivity index (χ3v) is 4.47. The Morgan fingerprint density at radius 3 is 2.33 bits per heavy atom. The fourth-order valence-corrected chi connectivity index (χ4v) is 3.24. The normalized spacial score (nSPS) is 18.5. The van der Waals surface area contributed by atoms with Gasteiger partial charge in [-0.05, 0) is 23.8 Å². The lowest BCUT2D eigenvalue weighted by Gasteiger charge is -2.43. The highest BCUT2D eigenvalue weighted by Gasteiger charge is 2.38. The molecule has 0 aromatic heterocycles. The number of benzene rings is 1. The molecule has 24 heavy (non-hydrogen) atoms. The molecule has 7 heteroatoms. The summed E-state index contributed by atoms with van der Waals surface area (Å²) in [5, 5.41) is 13.1. The minimum absolute atomic E-state index is 0.125. The third kappa shape index (κ3) is 4.20. The fourth-order valence-electron chi connectivity index (χ4n) is 3.24. The van der Waals surface area contributed by atoms with Crippen molar-refractivity contribution in [2.24, 2.45) is 5.41 Å². The van der Waals surface area contributed by atoms with Crippen LogP contribution in [0.3, 0.4) is 0 Å². The van der Waals surface area contributed by atoms with E-state index in [9.17, 15) is 18.3 Å². The number of alkyl halides is 3. The predicted octanol–water partition coefficient (Wildman–Crippen LogP) is 2.68. The van der Waals surface area contributed by atoms with E-state index in [0.717, 1.165) is 19.2 Å². The van der Waals surface area contributed by atoms with E-state index >= 15 is 0 Å². The SMILES string of the molecule is COc1cc([C@H](N2CCNCC2)C(C)(C)CO)cc(C(F)(F)F)c1. The number of rotatable bonds is 5. The van der Waals surface area contributed by atoms with Crippen molar-refractivity contribution in [3.63, 3.8) is 0 Å². The molecule has 1 aliphatic heterocycles. The van der Waals surface area contributed by atoms with Crippen molar-refractivity contribution in [3.8, 4) is 5.75 Å². The van der Waals surface area contributed by atoms with E-state index in [2.05, 4.69) is 10.2 Å². The molecular formula is C17H25F3N2O2. The molecule has 0 amide bonds. The molecule has 0 saturated carbocycles. The summed E-state index contributed by atoms with van der Waals surface area (Å²) in [5.41, 5.74) is -0.805. The molecule has 0 aliphatic carbocycles. The number of ether oxygens (including phenoxy) is 1. The van der Waals surface area contributed by atoms with E-state index in [-0.39, 0.29) is 18.4 Å². The number of methoxy groups -OCH3 is 1. The Morgan fingerprint density at radius 1 is 1.21 bits per heavy atom. The average molecular weight is 346 g/mol. The molecular weight excluding hydrogens is 321 g/mol. The molecule has 2 rings (SSSR count). The van der Waals surface area contributed by atoms with Gasteiger partial charge in [-0.3, -0.25) is 4.90 Å². The van der Waals surface area contributed by atoms with E-state index in [1.54, 1.807) is 6.07 Å². The standard InChI is InChI=1S/C17H25F3N2O2/c1-16(2,11-23)15(22-6-4-21-5-7-22)12-8-13(17(18,19)20)10-14(9-12)24-3/h8-10,15,21,23H,4-7,11H2,1-3H3/t15-/m0/s1. The van der Waals surface area contributed by atoms with Crippen LogP contribution < -0.4 is 10.1 Å². The first kappa shape index (κ1) is 19.0. The Hall–Kier alpha value is -1.31. The summed E-state index contributed by atoms with van der Waals surface area (Å²) < 4.78 is 44.8. The summed E-state index contributed by atoms with van der Waals surface area (Å²) >= 11 is 0. The van der Waals surface area contributed by atoms with Crippen molar-refractivity contribution in [3.05, 3.63) is 29.3 Å². The van der Waals surface area contributed by atoms with Crippen molar-refractivity contribution in [1.82, 2.24) is 10.2 Å². The number of aliphatic hydroxyl groups excluding tert-OH is 1. The van der Waals surface area contributed by atoms with Gasteiger partial charge >= 0.3 is 6.18 Å². The number of halogens is 3. The van der Waals surface area contributed by atoms with E-state index in [0.29, 0.717) is 18.7 Å². The van der Waals surface area contributed by atoms with Gasteiger partial charge < -0.3 is 15.2 Å². The molecule has 1 aromatic carbocycles. The lowest BCUT2D eigenvalue weighted by Crippen LogP contribution is -2.49. The summed E-state index contributed by atoms with van der Waals surface area (Å²) in [5.74, 6) is 0.175. The van der Waals surface area contributed by atoms with Crippen LogP contribution >= 0.6 is 0 Å². The predicted molar refractivity (Wildman–Crippen MR) is 86.0 cm³/mol. The number of aliphatic hydroxyl groups is 1. The number of piperazine rings is 1. The molecule has 0 radical (unpaired) electrons. The lowest BCUT2D eigenvalue weighted by molar-refractivity contribution is -0.137. The van der Waals surface area contributed by atoms with E-state index < -0.39 is 17.2 Å². The van der Waals surface area contributed by atoms with Gasteiger partial charge in [-0.25, -0.2) is 0 Å². The summed E-state index contributed by atoms with van der Waals surface area (Å²) in [4.78, 5) is 2.13. The maximum Gasteiger partial charge on any atom is 0.416 e. The molecule has 1 atom stereocenters. The van der Waals surface area contributed by atoms with Gasteiger partial charge in [0.05, 0.1) is 12.7 Å². The molecule has 4 nitrogen and oxygen atoms in total. The molecule has 0 bridgehead atoms. The zero-order chi connectivity index (χ0) is 18.0. The number of nitrogens with one attached hydrogen (secondary N) is 1. The minimum Gasteiger partial charge on any atom is -0.497 e. The first-order valence-corrected chi connectivity index (χ1v) is 8.01. The highest BCUT2D eigenvalue weighted by atomic mass is 19.4. The Kier molecular flexibility index (Phi) is 5.78. The van der Waals surface area contributed by atoms with Crippen molar-refractivity contribution >= 4 is 0 Å². The lowest BCUT2D eigenvalue weighted by atomic mass is 9.79. The Morgan fingerprint density at radius 2 is 1.83 bits per heavy atom. The zero-order valence-corrected chi connectivity index (χ0v) is 14.3. The molecule has 1 fully saturated rings. The van der Waals surface area contributed by atoms with Gasteiger partial charge in [0.1, 0.15) is 5.75 Å². The molecule has 136 valence electrons. The van der Waals surface area contributed by atoms with Gasteiger partial charge in [-0.2, -0.15) is 13.2 Å². The molecule has 1 heterocycles. The van der Waals surface area contributed by atoms with Gasteiger partial charge in [0.25, 0.3) is 0 Å². The van der Waals surface area contributed by atoms with Crippen LogP contribution in [0.1, 0.15) is 31.0 Å². The maximum absolute atomic E-state index is 13.2. The van der Waals surface area contributed by atoms with Gasteiger partial charge in [-0.1, -0.05) is 13.8 Å². The van der Waals surface area contributed by atoms with Gasteiger partial charge in [-0.15, -0.1) is 0 Å². The van der Waals surface area contributed by atoms with Crippen molar-refractivity contribution < 1.29 is 23.0 Å². The van der Waals surface area contributed by atoms with Gasteiger partial charge in [0.15, 0.2) is 0 Å². The third-order valence-electron chi connectivity index (χ3n) is 4.47. The Labute approximate surface area is 140 Å². The van der Waals surface area contributed by atoms with Crippen LogP contribution in [0.4, 0.5) is 13.2 Å². The first-order chi connectivity index (χ1) is 11.2. The highest BCUT2D eigenvalue weighted by Crippen LogP contribution is 2.42. The van der Waals surface area contributed by atoms with Crippen LogP contribution in [0.15, 0.2) is 18.2 Å². The van der Waals surface area contributed by atoms with Crippen LogP contribution in [0.5, 0.6) is 5.75 Å². The first-order valence-electron chi connectivity index (χ1n) is 8.01. The van der Waals surface area contributed by atoms with Crippen LogP contribution in [0, 0.1) is 5.41 Å². The number of nitrogens with zero attached hydrogens (tertiary/aromatic N) is 1. The summed E-state index contributed by atoms with van der Waals surface area (Å²) in [6.07, 6.45) is -4.44. The summed E-state index contributed by atoms with van der Waals surface area (Å²) in [6, 6.07) is 3.48. The fraction of sp³-hybridized carbons (Fsp3) is 0.647. The summed E-state index contributed by atoms with van der Waals surface area (Å²) in [7, 11) is 1.36. The van der Waals surface area contributed by atoms with Crippen LogP contribution in [0.2, 0.25) is 0 Å². The molecule has 1 aliphatic rings. The van der Waals surface area contributed by atoms with E-state index in [4.69, 9.17) is 4.74 Å². The second kappa shape index (κ2) is 7.29. The highest BCUT2D eigenvalue weighted by molar-refractivity contribution is 5.38.